The smallest absolute Gasteiger partial charge is 0.341 e. The number of carbonyl (C=O) groups excluding carboxylic acids is 1. The zero-order valence-corrected chi connectivity index (χ0v) is 21.9. The van der Waals surface area contributed by atoms with E-state index in [2.05, 4.69) is 6.07 Å². The van der Waals surface area contributed by atoms with Crippen molar-refractivity contribution in [3.8, 4) is 6.07 Å². The fourth-order valence-corrected chi connectivity index (χ4v) is 6.49. The molecule has 9 nitrogen and oxygen atoms in total. The third-order valence-corrected chi connectivity index (χ3v) is 8.52. The molecule has 1 aromatic heterocycles. The lowest BCUT2D eigenvalue weighted by Crippen LogP contribution is -2.54. The minimum atomic E-state index is -1.39. The van der Waals surface area contributed by atoms with Crippen molar-refractivity contribution in [1.29, 1.82) is 5.26 Å². The number of carboxylic acid groups (broad SMARTS) is 1. The molecule has 3 heterocycles. The number of hydrogen-bond acceptors (Lipinski definition) is 6. The van der Waals surface area contributed by atoms with E-state index in [1.54, 1.807) is 4.57 Å². The Labute approximate surface area is 230 Å². The van der Waals surface area contributed by atoms with Gasteiger partial charge in [-0.05, 0) is 49.7 Å². The quantitative estimate of drug-likeness (QED) is 0.488. The summed E-state index contributed by atoms with van der Waals surface area (Å²) in [4.78, 5) is 41.8. The molecule has 0 bridgehead atoms. The fraction of sp³-hybridized carbons (Fsp3) is 0.400. The van der Waals surface area contributed by atoms with Crippen LogP contribution in [0.4, 0.5) is 10.1 Å². The number of likely N-dealkylation sites (tertiary alicyclic amines) is 1. The van der Waals surface area contributed by atoms with Crippen LogP contribution >= 0.6 is 0 Å². The van der Waals surface area contributed by atoms with Gasteiger partial charge in [0.25, 0.3) is 0 Å². The van der Waals surface area contributed by atoms with Gasteiger partial charge in [0.1, 0.15) is 23.0 Å². The summed E-state index contributed by atoms with van der Waals surface area (Å²) in [6, 6.07) is 11.9. The van der Waals surface area contributed by atoms with Gasteiger partial charge < -0.3 is 25.2 Å². The minimum absolute atomic E-state index is 0.0215. The summed E-state index contributed by atoms with van der Waals surface area (Å²) in [5.41, 5.74) is 6.48. The van der Waals surface area contributed by atoms with Gasteiger partial charge in [0.05, 0.1) is 28.7 Å². The Balaban J connectivity index is 1.35. The number of aromatic nitrogens is 1. The van der Waals surface area contributed by atoms with E-state index in [1.807, 2.05) is 40.1 Å². The molecule has 10 heteroatoms. The molecule has 2 aliphatic heterocycles. The van der Waals surface area contributed by atoms with Gasteiger partial charge in [-0.25, -0.2) is 9.18 Å². The van der Waals surface area contributed by atoms with Crippen LogP contribution < -0.4 is 16.1 Å². The summed E-state index contributed by atoms with van der Waals surface area (Å²) in [6.07, 6.45) is 4.94. The van der Waals surface area contributed by atoms with Crippen molar-refractivity contribution in [3.63, 3.8) is 0 Å². The highest BCUT2D eigenvalue weighted by molar-refractivity contribution is 5.96. The molecule has 2 saturated heterocycles. The van der Waals surface area contributed by atoms with E-state index in [0.717, 1.165) is 37.3 Å². The van der Waals surface area contributed by atoms with Crippen LogP contribution in [0.25, 0.3) is 10.9 Å². The molecule has 2 aromatic carbocycles. The maximum Gasteiger partial charge on any atom is 0.341 e. The molecular weight excluding hydrogens is 513 g/mol. The van der Waals surface area contributed by atoms with Crippen LogP contribution in [0, 0.1) is 23.1 Å². The average Bonchev–Trinajstić information content (AvgIpc) is 3.70. The number of piperidine rings is 1. The van der Waals surface area contributed by atoms with Crippen LogP contribution in [0.2, 0.25) is 0 Å². The number of benzene rings is 2. The second kappa shape index (κ2) is 10.1. The Morgan fingerprint density at radius 2 is 1.93 bits per heavy atom. The summed E-state index contributed by atoms with van der Waals surface area (Å²) in [6.45, 7) is 1.37. The number of hydrogen-bond donors (Lipinski definition) is 2. The molecule has 1 aliphatic carbocycles. The first-order chi connectivity index (χ1) is 19.3. The number of pyridine rings is 1. The number of carboxylic acids is 1. The van der Waals surface area contributed by atoms with Crippen molar-refractivity contribution in [3.05, 3.63) is 75.3 Å². The molecule has 1 amide bonds. The van der Waals surface area contributed by atoms with Crippen molar-refractivity contribution in [1.82, 2.24) is 9.47 Å². The fourth-order valence-electron chi connectivity index (χ4n) is 6.49. The first-order valence-corrected chi connectivity index (χ1v) is 13.7. The van der Waals surface area contributed by atoms with Crippen LogP contribution in [-0.4, -0.2) is 58.2 Å². The number of nitrogens with zero attached hydrogens (tertiary/aromatic N) is 4. The predicted octanol–water partition coefficient (Wildman–Crippen LogP) is 3.04. The van der Waals surface area contributed by atoms with Crippen LogP contribution in [0.15, 0.2) is 47.4 Å². The molecule has 40 heavy (non-hydrogen) atoms. The van der Waals surface area contributed by atoms with E-state index in [1.165, 1.54) is 6.20 Å². The third kappa shape index (κ3) is 4.40. The van der Waals surface area contributed by atoms with E-state index in [9.17, 15) is 24.8 Å². The number of halogens is 1. The molecule has 3 atom stereocenters. The van der Waals surface area contributed by atoms with Crippen molar-refractivity contribution < 1.29 is 19.1 Å². The Hall–Kier alpha value is -4.23. The van der Waals surface area contributed by atoms with Crippen molar-refractivity contribution in [2.75, 3.05) is 24.5 Å². The molecule has 1 saturated carbocycles. The van der Waals surface area contributed by atoms with Gasteiger partial charge in [-0.15, -0.1) is 0 Å². The van der Waals surface area contributed by atoms with Gasteiger partial charge in [-0.3, -0.25) is 9.59 Å². The lowest BCUT2D eigenvalue weighted by molar-refractivity contribution is -0.136. The number of amides is 1. The Kier molecular flexibility index (Phi) is 6.55. The maximum absolute atomic E-state index is 15.8. The number of aromatic carboxylic acids is 1. The van der Waals surface area contributed by atoms with E-state index in [0.29, 0.717) is 26.1 Å². The second-order valence-electron chi connectivity index (χ2n) is 11.1. The molecule has 0 unspecified atom stereocenters. The van der Waals surface area contributed by atoms with Crippen LogP contribution in [0.5, 0.6) is 0 Å². The molecule has 3 N–H and O–H groups in total. The van der Waals surface area contributed by atoms with Gasteiger partial charge in [-0.2, -0.15) is 5.26 Å². The zero-order valence-electron chi connectivity index (χ0n) is 21.9. The van der Waals surface area contributed by atoms with Crippen LogP contribution in [0.1, 0.15) is 53.2 Å². The van der Waals surface area contributed by atoms with Gasteiger partial charge in [0.2, 0.25) is 11.3 Å². The topological polar surface area (TPSA) is 133 Å². The number of anilines is 1. The van der Waals surface area contributed by atoms with Crippen molar-refractivity contribution in [2.45, 2.75) is 50.2 Å². The number of fused-ring (bicyclic) bond motifs is 2. The maximum atomic E-state index is 15.8. The summed E-state index contributed by atoms with van der Waals surface area (Å²) in [7, 11) is 0. The Morgan fingerprint density at radius 3 is 2.60 bits per heavy atom. The van der Waals surface area contributed by atoms with E-state index >= 15 is 4.39 Å². The van der Waals surface area contributed by atoms with Crippen molar-refractivity contribution in [2.24, 2.45) is 11.7 Å². The highest BCUT2D eigenvalue weighted by atomic mass is 19.1. The van der Waals surface area contributed by atoms with Gasteiger partial charge in [0, 0.05) is 31.9 Å². The molecule has 206 valence electrons. The van der Waals surface area contributed by atoms with E-state index in [-0.39, 0.29) is 46.1 Å². The Bertz CT molecular complexity index is 1610. The lowest BCUT2D eigenvalue weighted by atomic mass is 9.91. The number of nitriles is 1. The molecule has 3 aromatic rings. The standard InChI is InChI=1S/C30H30FN5O4/c31-23-12-20-26(36(19-8-9-19)15-22(28(20)37)30(39)40)21(13-32)27(23)34-14-18-7-4-10-35(25(18)16-34)29(38)24(33)11-17-5-2-1-3-6-17/h1-3,5-6,12,15,18-19,24-25H,4,7-11,14,16,33H2,(H,39,40)/t18-,24-,25+/m0/s1. The predicted molar refractivity (Wildman–Crippen MR) is 147 cm³/mol. The lowest BCUT2D eigenvalue weighted by Gasteiger charge is -2.38. The largest absolute Gasteiger partial charge is 0.477 e. The zero-order chi connectivity index (χ0) is 28.1. The van der Waals surface area contributed by atoms with Gasteiger partial charge in [0.15, 0.2) is 0 Å². The average molecular weight is 544 g/mol. The minimum Gasteiger partial charge on any atom is -0.477 e. The Morgan fingerprint density at radius 1 is 1.18 bits per heavy atom. The molecule has 6 rings (SSSR count). The summed E-state index contributed by atoms with van der Waals surface area (Å²) >= 11 is 0. The van der Waals surface area contributed by atoms with Crippen molar-refractivity contribution >= 4 is 28.5 Å². The van der Waals surface area contributed by atoms with Gasteiger partial charge >= 0.3 is 5.97 Å². The number of carbonyl (C=O) groups is 2. The van der Waals surface area contributed by atoms with Crippen LogP contribution in [-0.2, 0) is 11.2 Å². The normalized spacial score (nSPS) is 21.2. The monoisotopic (exact) mass is 543 g/mol. The van der Waals surface area contributed by atoms with Gasteiger partial charge in [-0.1, -0.05) is 30.3 Å². The van der Waals surface area contributed by atoms with E-state index in [4.69, 9.17) is 5.73 Å². The first kappa shape index (κ1) is 26.0. The summed E-state index contributed by atoms with van der Waals surface area (Å²) in [5.74, 6) is -2.18. The molecule has 0 radical (unpaired) electrons. The summed E-state index contributed by atoms with van der Waals surface area (Å²) in [5, 5.41) is 19.7. The highest BCUT2D eigenvalue weighted by Gasteiger charge is 2.43. The summed E-state index contributed by atoms with van der Waals surface area (Å²) < 4.78 is 17.5. The third-order valence-electron chi connectivity index (χ3n) is 8.52. The SMILES string of the molecule is N#Cc1c(N2C[C@@H]3CCCN(C(=O)[C@@H](N)Cc4ccccc4)[C@@H]3C2)c(F)cc2c(=O)c(C(=O)O)cn(C3CC3)c12. The van der Waals surface area contributed by atoms with Crippen LogP contribution in [0.3, 0.4) is 0 Å². The first-order valence-electron chi connectivity index (χ1n) is 13.7. The molecule has 3 fully saturated rings. The highest BCUT2D eigenvalue weighted by Crippen LogP contribution is 2.42. The molecule has 0 spiro atoms. The number of nitrogens with two attached hydrogens (primary N) is 1. The molecular formula is C30H30FN5O4. The van der Waals surface area contributed by atoms with E-state index < -0.39 is 28.8 Å². The second-order valence-corrected chi connectivity index (χ2v) is 11.1. The number of rotatable bonds is 6. The molecule has 3 aliphatic rings.